The van der Waals surface area contributed by atoms with Crippen LogP contribution in [0.25, 0.3) is 0 Å². The highest BCUT2D eigenvalue weighted by atomic mass is 16.5. The summed E-state index contributed by atoms with van der Waals surface area (Å²) in [5.41, 5.74) is -0.440. The maximum atomic E-state index is 12.2. The third-order valence-electron chi connectivity index (χ3n) is 4.56. The van der Waals surface area contributed by atoms with Crippen molar-refractivity contribution in [2.75, 3.05) is 6.61 Å². The van der Waals surface area contributed by atoms with Crippen LogP contribution in [-0.4, -0.2) is 35.7 Å². The number of rotatable bonds is 5. The van der Waals surface area contributed by atoms with Crippen LogP contribution in [0, 0.1) is 17.3 Å². The largest absolute Gasteiger partial charge is 0.481 e. The van der Waals surface area contributed by atoms with E-state index in [-0.39, 0.29) is 18.1 Å². The first-order chi connectivity index (χ1) is 8.89. The predicted molar refractivity (Wildman–Crippen MR) is 69.6 cm³/mol. The number of carbonyl (C=O) groups is 2. The van der Waals surface area contributed by atoms with Crippen molar-refractivity contribution in [2.24, 2.45) is 17.3 Å². The molecule has 0 radical (unpaired) electrons. The normalized spacial score (nSPS) is 33.7. The van der Waals surface area contributed by atoms with Gasteiger partial charge in [0.1, 0.15) is 0 Å². The third kappa shape index (κ3) is 2.61. The molecule has 5 heteroatoms. The van der Waals surface area contributed by atoms with Gasteiger partial charge in [0.15, 0.2) is 0 Å². The molecular weight excluding hydrogens is 246 g/mol. The lowest BCUT2D eigenvalue weighted by Crippen LogP contribution is -2.44. The summed E-state index contributed by atoms with van der Waals surface area (Å²) in [5, 5.41) is 12.1. The lowest BCUT2D eigenvalue weighted by Gasteiger charge is -2.23. The Bertz CT molecular complexity index is 374. The molecule has 0 aromatic carbocycles. The van der Waals surface area contributed by atoms with E-state index >= 15 is 0 Å². The first-order valence-corrected chi connectivity index (χ1v) is 7.04. The lowest BCUT2D eigenvalue weighted by atomic mass is 10.0. The molecule has 4 atom stereocenters. The number of hydrogen-bond acceptors (Lipinski definition) is 3. The molecule has 108 valence electrons. The summed E-state index contributed by atoms with van der Waals surface area (Å²) < 4.78 is 5.60. The number of carboxylic acid groups (broad SMARTS) is 1. The van der Waals surface area contributed by atoms with Gasteiger partial charge in [-0.25, -0.2) is 0 Å². The SMILES string of the molecule is CCC(NC(=O)[C@@H]1[C@H](C(=O)O)C1(C)C)C1CCCO1. The fraction of sp³-hybridized carbons (Fsp3) is 0.857. The standard InChI is InChI=1S/C14H23NO4/c1-4-8(9-6-5-7-19-9)15-12(16)10-11(13(17)18)14(10,2)3/h8-11H,4-7H2,1-3H3,(H,15,16)(H,17,18)/t8?,9?,10-,11+/m0/s1. The highest BCUT2D eigenvalue weighted by molar-refractivity contribution is 5.91. The summed E-state index contributed by atoms with van der Waals surface area (Å²) in [6, 6.07) is 0.000782. The number of ether oxygens (including phenoxy) is 1. The van der Waals surface area contributed by atoms with Crippen molar-refractivity contribution in [1.29, 1.82) is 0 Å². The van der Waals surface area contributed by atoms with Crippen LogP contribution in [0.3, 0.4) is 0 Å². The van der Waals surface area contributed by atoms with Gasteiger partial charge in [0, 0.05) is 6.61 Å². The maximum Gasteiger partial charge on any atom is 0.307 e. The summed E-state index contributed by atoms with van der Waals surface area (Å²) in [7, 11) is 0. The Morgan fingerprint density at radius 2 is 2.11 bits per heavy atom. The molecule has 5 nitrogen and oxygen atoms in total. The molecule has 1 amide bonds. The number of nitrogens with one attached hydrogen (secondary N) is 1. The minimum Gasteiger partial charge on any atom is -0.481 e. The smallest absolute Gasteiger partial charge is 0.307 e. The molecular formula is C14H23NO4. The molecule has 0 spiro atoms. The van der Waals surface area contributed by atoms with Gasteiger partial charge in [-0.05, 0) is 24.7 Å². The van der Waals surface area contributed by atoms with Crippen molar-refractivity contribution in [3.05, 3.63) is 0 Å². The fourth-order valence-corrected chi connectivity index (χ4v) is 3.24. The second-order valence-electron chi connectivity index (χ2n) is 6.19. The second-order valence-corrected chi connectivity index (χ2v) is 6.19. The molecule has 0 bridgehead atoms. The first-order valence-electron chi connectivity index (χ1n) is 7.04. The van der Waals surface area contributed by atoms with Crippen molar-refractivity contribution < 1.29 is 19.4 Å². The van der Waals surface area contributed by atoms with E-state index in [2.05, 4.69) is 5.32 Å². The number of hydrogen-bond donors (Lipinski definition) is 2. The summed E-state index contributed by atoms with van der Waals surface area (Å²) in [5.74, 6) is -2.00. The minimum atomic E-state index is -0.879. The summed E-state index contributed by atoms with van der Waals surface area (Å²) in [6.07, 6.45) is 2.89. The quantitative estimate of drug-likeness (QED) is 0.791. The Balaban J connectivity index is 1.95. The van der Waals surface area contributed by atoms with Gasteiger partial charge in [-0.2, -0.15) is 0 Å². The zero-order chi connectivity index (χ0) is 14.2. The highest BCUT2D eigenvalue weighted by Gasteiger charge is 2.66. The molecule has 1 saturated heterocycles. The van der Waals surface area contributed by atoms with Gasteiger partial charge in [0.05, 0.1) is 24.0 Å². The van der Waals surface area contributed by atoms with E-state index < -0.39 is 23.2 Å². The van der Waals surface area contributed by atoms with Gasteiger partial charge in [0.2, 0.25) is 5.91 Å². The Labute approximate surface area is 113 Å². The Hall–Kier alpha value is -1.10. The number of amides is 1. The zero-order valence-corrected chi connectivity index (χ0v) is 11.8. The summed E-state index contributed by atoms with van der Waals surface area (Å²) in [6.45, 7) is 6.44. The van der Waals surface area contributed by atoms with Crippen LogP contribution >= 0.6 is 0 Å². The van der Waals surface area contributed by atoms with Crippen LogP contribution in [-0.2, 0) is 14.3 Å². The third-order valence-corrected chi connectivity index (χ3v) is 4.56. The van der Waals surface area contributed by atoms with Gasteiger partial charge in [-0.1, -0.05) is 20.8 Å². The molecule has 1 saturated carbocycles. The average Bonchev–Trinajstić information content (AvgIpc) is 2.74. The van der Waals surface area contributed by atoms with E-state index in [9.17, 15) is 9.59 Å². The Morgan fingerprint density at radius 1 is 1.42 bits per heavy atom. The second kappa shape index (κ2) is 5.12. The minimum absolute atomic E-state index is 0.000782. The van der Waals surface area contributed by atoms with Gasteiger partial charge in [0.25, 0.3) is 0 Å². The molecule has 1 heterocycles. The van der Waals surface area contributed by atoms with E-state index in [0.29, 0.717) is 0 Å². The zero-order valence-electron chi connectivity index (χ0n) is 11.8. The van der Waals surface area contributed by atoms with E-state index in [1.165, 1.54) is 0 Å². The lowest BCUT2D eigenvalue weighted by molar-refractivity contribution is -0.140. The summed E-state index contributed by atoms with van der Waals surface area (Å²) >= 11 is 0. The molecule has 1 aliphatic carbocycles. The monoisotopic (exact) mass is 269 g/mol. The number of carboxylic acids is 1. The van der Waals surface area contributed by atoms with Gasteiger partial charge in [-0.15, -0.1) is 0 Å². The summed E-state index contributed by atoms with van der Waals surface area (Å²) in [4.78, 5) is 23.3. The first kappa shape index (κ1) is 14.3. The van der Waals surface area contributed by atoms with Crippen molar-refractivity contribution >= 4 is 11.9 Å². The molecule has 0 aromatic rings. The molecule has 2 unspecified atom stereocenters. The highest BCUT2D eigenvalue weighted by Crippen LogP contribution is 2.58. The van der Waals surface area contributed by atoms with Crippen LogP contribution in [0.1, 0.15) is 40.0 Å². The molecule has 2 N–H and O–H groups in total. The fourth-order valence-electron chi connectivity index (χ4n) is 3.24. The Kier molecular flexibility index (Phi) is 3.85. The van der Waals surface area contributed by atoms with E-state index in [1.807, 2.05) is 20.8 Å². The molecule has 2 fully saturated rings. The average molecular weight is 269 g/mol. The van der Waals surface area contributed by atoms with E-state index in [4.69, 9.17) is 9.84 Å². The van der Waals surface area contributed by atoms with Crippen LogP contribution < -0.4 is 5.32 Å². The Morgan fingerprint density at radius 3 is 2.53 bits per heavy atom. The molecule has 2 aliphatic rings. The van der Waals surface area contributed by atoms with Crippen LogP contribution in [0.5, 0.6) is 0 Å². The molecule has 0 aromatic heterocycles. The number of carbonyl (C=O) groups excluding carboxylic acids is 1. The number of aliphatic carboxylic acids is 1. The van der Waals surface area contributed by atoms with Gasteiger partial charge in [-0.3, -0.25) is 9.59 Å². The maximum absolute atomic E-state index is 12.2. The van der Waals surface area contributed by atoms with Crippen LogP contribution in [0.2, 0.25) is 0 Å². The van der Waals surface area contributed by atoms with Crippen LogP contribution in [0.15, 0.2) is 0 Å². The molecule has 19 heavy (non-hydrogen) atoms. The van der Waals surface area contributed by atoms with Crippen LogP contribution in [0.4, 0.5) is 0 Å². The predicted octanol–water partition coefficient (Wildman–Crippen LogP) is 1.42. The van der Waals surface area contributed by atoms with Gasteiger partial charge < -0.3 is 15.2 Å². The van der Waals surface area contributed by atoms with Crippen molar-refractivity contribution in [1.82, 2.24) is 5.32 Å². The molecule has 1 aliphatic heterocycles. The van der Waals surface area contributed by atoms with Crippen molar-refractivity contribution in [2.45, 2.75) is 52.2 Å². The van der Waals surface area contributed by atoms with Gasteiger partial charge >= 0.3 is 5.97 Å². The van der Waals surface area contributed by atoms with E-state index in [0.717, 1.165) is 25.9 Å². The van der Waals surface area contributed by atoms with Crippen molar-refractivity contribution in [3.8, 4) is 0 Å². The van der Waals surface area contributed by atoms with E-state index in [1.54, 1.807) is 0 Å². The topological polar surface area (TPSA) is 75.6 Å². The molecule has 2 rings (SSSR count). The van der Waals surface area contributed by atoms with Crippen molar-refractivity contribution in [3.63, 3.8) is 0 Å².